The van der Waals surface area contributed by atoms with E-state index >= 15 is 0 Å². The predicted octanol–water partition coefficient (Wildman–Crippen LogP) is 5.33. The molecule has 142 valence electrons. The molecule has 0 amide bonds. The fraction of sp³-hybridized carbons (Fsp3) is 0.182. The number of benzene rings is 2. The Labute approximate surface area is 173 Å². The van der Waals surface area contributed by atoms with E-state index in [-0.39, 0.29) is 0 Å². The van der Waals surface area contributed by atoms with Gasteiger partial charge in [-0.25, -0.2) is 4.98 Å². The first-order valence-corrected chi connectivity index (χ1v) is 10.3. The summed E-state index contributed by atoms with van der Waals surface area (Å²) in [6, 6.07) is 16.4. The highest BCUT2D eigenvalue weighted by atomic mass is 35.5. The zero-order valence-electron chi connectivity index (χ0n) is 15.5. The number of aliphatic imine (C=N–C) groups is 1. The fourth-order valence-electron chi connectivity index (χ4n) is 3.11. The third-order valence-electron chi connectivity index (χ3n) is 4.54. The van der Waals surface area contributed by atoms with E-state index in [1.807, 2.05) is 24.3 Å². The number of ether oxygens (including phenoxy) is 1. The molecular formula is C22H20ClN3OS. The van der Waals surface area contributed by atoms with Crippen LogP contribution in [0.1, 0.15) is 16.0 Å². The van der Waals surface area contributed by atoms with E-state index in [9.17, 15) is 0 Å². The third kappa shape index (κ3) is 4.26. The Bertz CT molecular complexity index is 1030. The summed E-state index contributed by atoms with van der Waals surface area (Å²) < 4.78 is 6.53. The van der Waals surface area contributed by atoms with Gasteiger partial charge in [-0.05, 0) is 24.3 Å². The summed E-state index contributed by atoms with van der Waals surface area (Å²) in [5.41, 5.74) is 4.35. The topological polar surface area (TPSA) is 37.7 Å². The van der Waals surface area contributed by atoms with E-state index in [0.29, 0.717) is 11.1 Å². The second-order valence-corrected chi connectivity index (χ2v) is 8.14. The number of hydrogen-bond acceptors (Lipinski definition) is 5. The van der Waals surface area contributed by atoms with Crippen molar-refractivity contribution in [2.24, 2.45) is 4.99 Å². The van der Waals surface area contributed by atoms with Crippen LogP contribution in [0.15, 0.2) is 65.8 Å². The smallest absolute Gasteiger partial charge is 0.183 e. The zero-order valence-corrected chi connectivity index (χ0v) is 17.1. The summed E-state index contributed by atoms with van der Waals surface area (Å²) >= 11 is 7.33. The van der Waals surface area contributed by atoms with Crippen molar-refractivity contribution in [3.63, 3.8) is 0 Å². The summed E-state index contributed by atoms with van der Waals surface area (Å²) in [5, 5.41) is 0. The lowest BCUT2D eigenvalue weighted by atomic mass is 10.1. The van der Waals surface area contributed by atoms with Crippen molar-refractivity contribution in [1.82, 2.24) is 4.98 Å². The highest BCUT2D eigenvalue weighted by molar-refractivity contribution is 7.15. The highest BCUT2D eigenvalue weighted by Gasteiger charge is 2.13. The molecule has 3 aromatic rings. The van der Waals surface area contributed by atoms with Gasteiger partial charge in [0, 0.05) is 36.6 Å². The Morgan fingerprint density at radius 1 is 1.14 bits per heavy atom. The van der Waals surface area contributed by atoms with Crippen LogP contribution in [-0.2, 0) is 6.61 Å². The fourth-order valence-corrected chi connectivity index (χ4v) is 4.00. The Kier molecular flexibility index (Phi) is 5.74. The maximum absolute atomic E-state index is 6.00. The van der Waals surface area contributed by atoms with E-state index < -0.39 is 0 Å². The van der Waals surface area contributed by atoms with Gasteiger partial charge in [0.25, 0.3) is 0 Å². The molecule has 0 saturated heterocycles. The van der Waals surface area contributed by atoms with Crippen molar-refractivity contribution >= 4 is 40.4 Å². The van der Waals surface area contributed by atoms with E-state index in [1.165, 1.54) is 17.0 Å². The van der Waals surface area contributed by atoms with Gasteiger partial charge in [-0.1, -0.05) is 48.0 Å². The van der Waals surface area contributed by atoms with Crippen molar-refractivity contribution in [3.05, 3.63) is 81.3 Å². The van der Waals surface area contributed by atoms with Crippen molar-refractivity contribution in [2.45, 2.75) is 6.61 Å². The molecule has 0 N–H and O–H groups in total. The number of nitrogens with zero attached hydrogens (tertiary/aromatic N) is 3. The summed E-state index contributed by atoms with van der Waals surface area (Å²) in [4.78, 5) is 12.1. The monoisotopic (exact) mass is 409 g/mol. The molecule has 0 fully saturated rings. The van der Waals surface area contributed by atoms with Gasteiger partial charge >= 0.3 is 0 Å². The van der Waals surface area contributed by atoms with Crippen LogP contribution in [0.4, 0.5) is 5.69 Å². The number of hydrogen-bond donors (Lipinski definition) is 0. The molecule has 2 heterocycles. The minimum Gasteiger partial charge on any atom is -0.487 e. The van der Waals surface area contributed by atoms with Crippen molar-refractivity contribution in [3.8, 4) is 5.75 Å². The Balaban J connectivity index is 1.56. The molecule has 0 unspecified atom stereocenters. The number of fused-ring (bicyclic) bond motifs is 1. The van der Waals surface area contributed by atoms with Gasteiger partial charge in [0.05, 0.1) is 17.1 Å². The molecule has 28 heavy (non-hydrogen) atoms. The molecule has 0 spiro atoms. The number of anilines is 1. The number of aromatic nitrogens is 1. The SMILES string of the molecule is CN1CCN=C(C=Cc2ccccc2OCc2cnc(Cl)s2)c2ccccc21. The average Bonchev–Trinajstić information content (AvgIpc) is 3.07. The number of allylic oxidation sites excluding steroid dienone is 1. The molecule has 0 atom stereocenters. The maximum atomic E-state index is 6.00. The van der Waals surface area contributed by atoms with Crippen molar-refractivity contribution in [2.75, 3.05) is 25.0 Å². The number of benzodiazepines with no additional fused rings is 1. The van der Waals surface area contributed by atoms with Crippen molar-refractivity contribution in [1.29, 1.82) is 0 Å². The van der Waals surface area contributed by atoms with Crippen LogP contribution >= 0.6 is 22.9 Å². The lowest BCUT2D eigenvalue weighted by molar-refractivity contribution is 0.309. The molecule has 1 aromatic heterocycles. The molecule has 0 radical (unpaired) electrons. The van der Waals surface area contributed by atoms with Gasteiger partial charge in [-0.15, -0.1) is 11.3 Å². The first-order valence-electron chi connectivity index (χ1n) is 9.06. The van der Waals surface area contributed by atoms with Crippen LogP contribution in [0.3, 0.4) is 0 Å². The zero-order chi connectivity index (χ0) is 19.3. The van der Waals surface area contributed by atoms with E-state index in [0.717, 1.165) is 40.6 Å². The van der Waals surface area contributed by atoms with Crippen LogP contribution in [0.2, 0.25) is 4.47 Å². The molecular weight excluding hydrogens is 390 g/mol. The van der Waals surface area contributed by atoms with Crippen LogP contribution in [-0.4, -0.2) is 30.8 Å². The molecule has 0 aliphatic carbocycles. The minimum absolute atomic E-state index is 0.448. The normalized spacial score (nSPS) is 13.9. The lowest BCUT2D eigenvalue weighted by Crippen LogP contribution is -2.20. The average molecular weight is 410 g/mol. The molecule has 0 bridgehead atoms. The van der Waals surface area contributed by atoms with Gasteiger partial charge in [-0.2, -0.15) is 0 Å². The third-order valence-corrected chi connectivity index (χ3v) is 5.63. The molecule has 4 nitrogen and oxygen atoms in total. The summed E-state index contributed by atoms with van der Waals surface area (Å²) in [7, 11) is 2.11. The molecule has 6 heteroatoms. The van der Waals surface area contributed by atoms with Crippen LogP contribution in [0, 0.1) is 0 Å². The van der Waals surface area contributed by atoms with E-state index in [1.54, 1.807) is 6.20 Å². The number of para-hydroxylation sites is 2. The van der Waals surface area contributed by atoms with Crippen LogP contribution in [0.25, 0.3) is 6.08 Å². The summed E-state index contributed by atoms with van der Waals surface area (Å²) in [6.45, 7) is 2.13. The molecule has 1 aliphatic rings. The molecule has 1 aliphatic heterocycles. The van der Waals surface area contributed by atoms with Gasteiger partial charge in [-0.3, -0.25) is 4.99 Å². The number of rotatable bonds is 5. The second-order valence-electron chi connectivity index (χ2n) is 6.45. The van der Waals surface area contributed by atoms with Gasteiger partial charge < -0.3 is 9.64 Å². The van der Waals surface area contributed by atoms with E-state index in [2.05, 4.69) is 53.3 Å². The molecule has 2 aromatic carbocycles. The second kappa shape index (κ2) is 8.59. The van der Waals surface area contributed by atoms with E-state index in [4.69, 9.17) is 21.3 Å². The Hall–Kier alpha value is -2.63. The number of likely N-dealkylation sites (N-methyl/N-ethyl adjacent to an activating group) is 1. The van der Waals surface area contributed by atoms with Gasteiger partial charge in [0.1, 0.15) is 12.4 Å². The first-order chi connectivity index (χ1) is 13.7. The Morgan fingerprint density at radius 2 is 1.96 bits per heavy atom. The highest BCUT2D eigenvalue weighted by Crippen LogP contribution is 2.26. The molecule has 4 rings (SSSR count). The largest absolute Gasteiger partial charge is 0.487 e. The number of thiazole rings is 1. The summed E-state index contributed by atoms with van der Waals surface area (Å²) in [5.74, 6) is 0.822. The minimum atomic E-state index is 0.448. The van der Waals surface area contributed by atoms with Gasteiger partial charge in [0.15, 0.2) is 4.47 Å². The summed E-state index contributed by atoms with van der Waals surface area (Å²) in [6.07, 6.45) is 5.89. The number of halogens is 1. The standard InChI is InChI=1S/C22H20ClN3OS/c1-26-13-12-24-19(18-7-3-4-8-20(18)26)11-10-16-6-2-5-9-21(16)27-15-17-14-25-22(23)28-17/h2-11,14H,12-13,15H2,1H3. The lowest BCUT2D eigenvalue weighted by Gasteiger charge is -2.18. The quantitative estimate of drug-likeness (QED) is 0.571. The van der Waals surface area contributed by atoms with Crippen molar-refractivity contribution < 1.29 is 4.74 Å². The molecule has 0 saturated carbocycles. The van der Waals surface area contributed by atoms with Crippen LogP contribution in [0.5, 0.6) is 5.75 Å². The first kappa shape index (κ1) is 18.7. The van der Waals surface area contributed by atoms with Gasteiger partial charge in [0.2, 0.25) is 0 Å². The van der Waals surface area contributed by atoms with Crippen LogP contribution < -0.4 is 9.64 Å². The predicted molar refractivity (Wildman–Crippen MR) is 118 cm³/mol. The Morgan fingerprint density at radius 3 is 2.82 bits per heavy atom. The maximum Gasteiger partial charge on any atom is 0.183 e.